The van der Waals surface area contributed by atoms with E-state index in [1.165, 1.54) is 11.6 Å². The van der Waals surface area contributed by atoms with Crippen LogP contribution in [0.3, 0.4) is 0 Å². The first-order valence-corrected chi connectivity index (χ1v) is 7.45. The van der Waals surface area contributed by atoms with Gasteiger partial charge < -0.3 is 0 Å². The number of likely N-dealkylation sites (tertiary alicyclic amines) is 1. The van der Waals surface area contributed by atoms with Crippen LogP contribution in [0.5, 0.6) is 0 Å². The SMILES string of the molecule is Fc1cccc(CN2CCC[C@H]2Cc2ccccc2)c1F. The Hall–Kier alpha value is -1.74. The molecular formula is C18H19F2N. The van der Waals surface area contributed by atoms with Gasteiger partial charge >= 0.3 is 0 Å². The van der Waals surface area contributed by atoms with Crippen LogP contribution in [0.25, 0.3) is 0 Å². The van der Waals surface area contributed by atoms with Crippen LogP contribution in [-0.4, -0.2) is 17.5 Å². The molecular weight excluding hydrogens is 268 g/mol. The molecule has 0 amide bonds. The van der Waals surface area contributed by atoms with Gasteiger partial charge in [-0.25, -0.2) is 8.78 Å². The number of halogens is 2. The van der Waals surface area contributed by atoms with E-state index in [2.05, 4.69) is 17.0 Å². The van der Waals surface area contributed by atoms with Crippen molar-refractivity contribution in [2.75, 3.05) is 6.54 Å². The maximum atomic E-state index is 13.8. The maximum Gasteiger partial charge on any atom is 0.163 e. The minimum absolute atomic E-state index is 0.412. The Bertz CT molecular complexity index is 597. The van der Waals surface area contributed by atoms with Gasteiger partial charge in [-0.1, -0.05) is 42.5 Å². The average molecular weight is 287 g/mol. The fourth-order valence-electron chi connectivity index (χ4n) is 3.11. The van der Waals surface area contributed by atoms with Crippen LogP contribution in [0, 0.1) is 11.6 Å². The zero-order valence-corrected chi connectivity index (χ0v) is 11.9. The molecule has 0 aromatic heterocycles. The summed E-state index contributed by atoms with van der Waals surface area (Å²) in [5, 5.41) is 0. The molecule has 1 aliphatic heterocycles. The van der Waals surface area contributed by atoms with Crippen LogP contribution in [0.15, 0.2) is 48.5 Å². The lowest BCUT2D eigenvalue weighted by molar-refractivity contribution is 0.239. The standard InChI is InChI=1S/C18H19F2N/c19-17-10-4-8-15(18(17)20)13-21-11-5-9-16(21)12-14-6-2-1-3-7-14/h1-4,6-8,10,16H,5,9,11-13H2/t16-/m0/s1. The lowest BCUT2D eigenvalue weighted by Crippen LogP contribution is -2.31. The predicted molar refractivity (Wildman–Crippen MR) is 79.9 cm³/mol. The highest BCUT2D eigenvalue weighted by atomic mass is 19.2. The fraction of sp³-hybridized carbons (Fsp3) is 0.333. The quantitative estimate of drug-likeness (QED) is 0.815. The highest BCUT2D eigenvalue weighted by molar-refractivity contribution is 5.20. The van der Waals surface area contributed by atoms with Crippen molar-refractivity contribution in [1.29, 1.82) is 0 Å². The molecule has 1 atom stereocenters. The van der Waals surface area contributed by atoms with Crippen molar-refractivity contribution < 1.29 is 8.78 Å². The van der Waals surface area contributed by atoms with Gasteiger partial charge in [-0.2, -0.15) is 0 Å². The third-order valence-electron chi connectivity index (χ3n) is 4.22. The molecule has 1 aliphatic rings. The van der Waals surface area contributed by atoms with Crippen molar-refractivity contribution in [2.45, 2.75) is 31.8 Å². The normalized spacial score (nSPS) is 19.0. The molecule has 1 saturated heterocycles. The van der Waals surface area contributed by atoms with Crippen LogP contribution in [-0.2, 0) is 13.0 Å². The van der Waals surface area contributed by atoms with Gasteiger partial charge in [-0.05, 0) is 37.4 Å². The van der Waals surface area contributed by atoms with E-state index >= 15 is 0 Å². The molecule has 0 aliphatic carbocycles. The Morgan fingerprint density at radius 3 is 2.62 bits per heavy atom. The molecule has 1 nitrogen and oxygen atoms in total. The van der Waals surface area contributed by atoms with E-state index in [1.54, 1.807) is 12.1 Å². The van der Waals surface area contributed by atoms with E-state index in [4.69, 9.17) is 0 Å². The minimum atomic E-state index is -0.758. The zero-order valence-electron chi connectivity index (χ0n) is 11.9. The molecule has 1 heterocycles. The summed E-state index contributed by atoms with van der Waals surface area (Å²) < 4.78 is 27.1. The van der Waals surface area contributed by atoms with Crippen molar-refractivity contribution in [2.24, 2.45) is 0 Å². The van der Waals surface area contributed by atoms with E-state index in [0.717, 1.165) is 25.8 Å². The largest absolute Gasteiger partial charge is 0.296 e. The topological polar surface area (TPSA) is 3.24 Å². The second kappa shape index (κ2) is 6.35. The van der Waals surface area contributed by atoms with Crippen LogP contribution >= 0.6 is 0 Å². The highest BCUT2D eigenvalue weighted by Gasteiger charge is 2.25. The highest BCUT2D eigenvalue weighted by Crippen LogP contribution is 2.24. The van der Waals surface area contributed by atoms with Gasteiger partial charge in [-0.3, -0.25) is 4.90 Å². The third-order valence-corrected chi connectivity index (χ3v) is 4.22. The molecule has 2 aromatic rings. The second-order valence-electron chi connectivity index (χ2n) is 5.67. The summed E-state index contributed by atoms with van der Waals surface area (Å²) >= 11 is 0. The van der Waals surface area contributed by atoms with Gasteiger partial charge in [0.2, 0.25) is 0 Å². The number of nitrogens with zero attached hydrogens (tertiary/aromatic N) is 1. The van der Waals surface area contributed by atoms with Crippen LogP contribution in [0.1, 0.15) is 24.0 Å². The summed E-state index contributed by atoms with van der Waals surface area (Å²) in [6.07, 6.45) is 3.21. The Labute approximate surface area is 124 Å². The van der Waals surface area contributed by atoms with Gasteiger partial charge in [0.05, 0.1) is 0 Å². The molecule has 0 bridgehead atoms. The van der Waals surface area contributed by atoms with Crippen molar-refractivity contribution in [3.8, 4) is 0 Å². The number of hydrogen-bond donors (Lipinski definition) is 0. The summed E-state index contributed by atoms with van der Waals surface area (Å²) in [7, 11) is 0. The molecule has 0 N–H and O–H groups in total. The van der Waals surface area contributed by atoms with Crippen molar-refractivity contribution in [3.05, 3.63) is 71.3 Å². The van der Waals surface area contributed by atoms with Gasteiger partial charge in [0.15, 0.2) is 11.6 Å². The van der Waals surface area contributed by atoms with Gasteiger partial charge in [-0.15, -0.1) is 0 Å². The molecule has 0 saturated carbocycles. The maximum absolute atomic E-state index is 13.8. The van der Waals surface area contributed by atoms with E-state index in [0.29, 0.717) is 18.2 Å². The van der Waals surface area contributed by atoms with Crippen molar-refractivity contribution >= 4 is 0 Å². The smallest absolute Gasteiger partial charge is 0.163 e. The van der Waals surface area contributed by atoms with E-state index < -0.39 is 11.6 Å². The monoisotopic (exact) mass is 287 g/mol. The Morgan fingerprint density at radius 1 is 1.00 bits per heavy atom. The molecule has 21 heavy (non-hydrogen) atoms. The first kappa shape index (κ1) is 14.2. The zero-order chi connectivity index (χ0) is 14.7. The van der Waals surface area contributed by atoms with E-state index in [9.17, 15) is 8.78 Å². The molecule has 0 spiro atoms. The Balaban J connectivity index is 1.71. The number of rotatable bonds is 4. The van der Waals surface area contributed by atoms with Crippen molar-refractivity contribution in [1.82, 2.24) is 4.90 Å². The first-order valence-electron chi connectivity index (χ1n) is 7.45. The molecule has 110 valence electrons. The Morgan fingerprint density at radius 2 is 1.81 bits per heavy atom. The van der Waals surface area contributed by atoms with E-state index in [1.807, 2.05) is 18.2 Å². The number of hydrogen-bond acceptors (Lipinski definition) is 1. The predicted octanol–water partition coefficient (Wildman–Crippen LogP) is 4.17. The van der Waals surface area contributed by atoms with Gasteiger partial charge in [0.1, 0.15) is 0 Å². The summed E-state index contributed by atoms with van der Waals surface area (Å²) in [6, 6.07) is 15.2. The van der Waals surface area contributed by atoms with Crippen molar-refractivity contribution in [3.63, 3.8) is 0 Å². The summed E-state index contributed by atoms with van der Waals surface area (Å²) in [6.45, 7) is 1.44. The minimum Gasteiger partial charge on any atom is -0.296 e. The molecule has 1 fully saturated rings. The lowest BCUT2D eigenvalue weighted by Gasteiger charge is -2.25. The molecule has 0 radical (unpaired) electrons. The fourth-order valence-corrected chi connectivity index (χ4v) is 3.11. The van der Waals surface area contributed by atoms with Crippen LogP contribution in [0.2, 0.25) is 0 Å². The molecule has 0 unspecified atom stereocenters. The molecule has 3 rings (SSSR count). The van der Waals surface area contributed by atoms with Gasteiger partial charge in [0.25, 0.3) is 0 Å². The van der Waals surface area contributed by atoms with Gasteiger partial charge in [0, 0.05) is 18.2 Å². The average Bonchev–Trinajstić information content (AvgIpc) is 2.92. The molecule has 3 heteroatoms. The Kier molecular flexibility index (Phi) is 4.30. The summed E-state index contributed by atoms with van der Waals surface area (Å²) in [4.78, 5) is 2.27. The van der Waals surface area contributed by atoms with Crippen LogP contribution < -0.4 is 0 Å². The third kappa shape index (κ3) is 3.30. The molecule has 2 aromatic carbocycles. The first-order chi connectivity index (χ1) is 10.2. The summed E-state index contributed by atoms with van der Waals surface area (Å²) in [5.41, 5.74) is 1.75. The number of benzene rings is 2. The van der Waals surface area contributed by atoms with E-state index in [-0.39, 0.29) is 0 Å². The lowest BCUT2D eigenvalue weighted by atomic mass is 10.0. The van der Waals surface area contributed by atoms with Crippen LogP contribution in [0.4, 0.5) is 8.78 Å². The summed E-state index contributed by atoms with van der Waals surface area (Å²) in [5.74, 6) is -1.46. The second-order valence-corrected chi connectivity index (χ2v) is 5.67.